The zero-order valence-corrected chi connectivity index (χ0v) is 12.0. The zero-order valence-electron chi connectivity index (χ0n) is 12.0. The van der Waals surface area contributed by atoms with Crippen LogP contribution in [0.4, 0.5) is 0 Å². The summed E-state index contributed by atoms with van der Waals surface area (Å²) in [7, 11) is 0. The van der Waals surface area contributed by atoms with E-state index in [1.165, 1.54) is 12.8 Å². The molecule has 1 heterocycles. The van der Waals surface area contributed by atoms with E-state index >= 15 is 0 Å². The average molecular weight is 287 g/mol. The lowest BCUT2D eigenvalue weighted by atomic mass is 9.93. The highest BCUT2D eigenvalue weighted by Crippen LogP contribution is 2.37. The van der Waals surface area contributed by atoms with Crippen LogP contribution < -0.4 is 16.4 Å². The molecular formula is C16H21N3O2. The van der Waals surface area contributed by atoms with Crippen LogP contribution in [0.25, 0.3) is 0 Å². The lowest BCUT2D eigenvalue weighted by Crippen LogP contribution is -2.43. The Kier molecular flexibility index (Phi) is 3.92. The number of rotatable bonds is 4. The van der Waals surface area contributed by atoms with Crippen LogP contribution in [0.3, 0.4) is 0 Å². The third kappa shape index (κ3) is 2.93. The van der Waals surface area contributed by atoms with Crippen LogP contribution >= 0.6 is 0 Å². The third-order valence-corrected chi connectivity index (χ3v) is 4.71. The maximum absolute atomic E-state index is 12.3. The fourth-order valence-electron chi connectivity index (χ4n) is 3.61. The fourth-order valence-corrected chi connectivity index (χ4v) is 3.61. The first-order chi connectivity index (χ1) is 10.1. The van der Waals surface area contributed by atoms with Crippen LogP contribution in [0.1, 0.15) is 35.2 Å². The van der Waals surface area contributed by atoms with Crippen LogP contribution in [0.15, 0.2) is 24.3 Å². The number of amides is 2. The molecule has 1 saturated carbocycles. The lowest BCUT2D eigenvalue weighted by molar-refractivity contribution is -0.123. The Morgan fingerprint density at radius 3 is 3.00 bits per heavy atom. The van der Waals surface area contributed by atoms with Crippen LogP contribution in [0.2, 0.25) is 0 Å². The summed E-state index contributed by atoms with van der Waals surface area (Å²) in [4.78, 5) is 23.5. The summed E-state index contributed by atoms with van der Waals surface area (Å²) in [5.41, 5.74) is 6.62. The quantitative estimate of drug-likeness (QED) is 0.765. The van der Waals surface area contributed by atoms with Crippen molar-refractivity contribution in [2.45, 2.75) is 31.8 Å². The van der Waals surface area contributed by atoms with E-state index in [2.05, 4.69) is 10.6 Å². The molecule has 2 fully saturated rings. The molecule has 2 amide bonds. The summed E-state index contributed by atoms with van der Waals surface area (Å²) in [6, 6.07) is 7.00. The van der Waals surface area contributed by atoms with Crippen molar-refractivity contribution >= 4 is 11.8 Å². The first-order valence-electron chi connectivity index (χ1n) is 7.55. The number of benzene rings is 1. The number of primary amides is 1. The Balaban J connectivity index is 1.58. The first-order valence-corrected chi connectivity index (χ1v) is 7.55. The predicted molar refractivity (Wildman–Crippen MR) is 79.4 cm³/mol. The summed E-state index contributed by atoms with van der Waals surface area (Å²) < 4.78 is 0. The second-order valence-corrected chi connectivity index (χ2v) is 6.02. The SMILES string of the molecule is NC(=O)c1cccc(CNC(=O)C2NCC3CCCC32)c1. The van der Waals surface area contributed by atoms with E-state index in [0.717, 1.165) is 18.5 Å². The maximum atomic E-state index is 12.3. The van der Waals surface area contributed by atoms with Gasteiger partial charge in [0, 0.05) is 12.1 Å². The highest BCUT2D eigenvalue weighted by molar-refractivity contribution is 5.92. The number of hydrogen-bond acceptors (Lipinski definition) is 3. The second kappa shape index (κ2) is 5.85. The molecule has 5 heteroatoms. The molecular weight excluding hydrogens is 266 g/mol. The molecule has 21 heavy (non-hydrogen) atoms. The van der Waals surface area contributed by atoms with E-state index in [0.29, 0.717) is 23.9 Å². The molecule has 1 aromatic rings. The molecule has 0 aromatic heterocycles. The van der Waals surface area contributed by atoms with Crippen molar-refractivity contribution in [1.82, 2.24) is 10.6 Å². The number of fused-ring (bicyclic) bond motifs is 1. The minimum Gasteiger partial charge on any atom is -0.366 e. The Morgan fingerprint density at radius 1 is 1.33 bits per heavy atom. The summed E-state index contributed by atoms with van der Waals surface area (Å²) in [6.07, 6.45) is 3.62. The maximum Gasteiger partial charge on any atom is 0.248 e. The highest BCUT2D eigenvalue weighted by Gasteiger charge is 2.42. The van der Waals surface area contributed by atoms with Crippen molar-refractivity contribution in [2.75, 3.05) is 6.54 Å². The summed E-state index contributed by atoms with van der Waals surface area (Å²) in [5.74, 6) is 0.768. The van der Waals surface area contributed by atoms with E-state index in [9.17, 15) is 9.59 Å². The van der Waals surface area contributed by atoms with Crippen molar-refractivity contribution in [3.8, 4) is 0 Å². The van der Waals surface area contributed by atoms with Crippen molar-refractivity contribution in [3.05, 3.63) is 35.4 Å². The Hall–Kier alpha value is -1.88. The molecule has 1 aromatic carbocycles. The number of hydrogen-bond donors (Lipinski definition) is 3. The van der Waals surface area contributed by atoms with Gasteiger partial charge in [-0.15, -0.1) is 0 Å². The van der Waals surface area contributed by atoms with Gasteiger partial charge in [-0.2, -0.15) is 0 Å². The summed E-state index contributed by atoms with van der Waals surface area (Å²) in [5, 5.41) is 6.30. The molecule has 4 N–H and O–H groups in total. The van der Waals surface area contributed by atoms with Crippen LogP contribution in [0, 0.1) is 11.8 Å². The highest BCUT2D eigenvalue weighted by atomic mass is 16.2. The Morgan fingerprint density at radius 2 is 2.19 bits per heavy atom. The normalized spacial score (nSPS) is 27.3. The van der Waals surface area contributed by atoms with Gasteiger partial charge in [0.1, 0.15) is 0 Å². The molecule has 1 saturated heterocycles. The predicted octanol–water partition coefficient (Wildman–Crippen LogP) is 0.790. The third-order valence-electron chi connectivity index (χ3n) is 4.71. The molecule has 2 aliphatic rings. The van der Waals surface area contributed by atoms with E-state index in [4.69, 9.17) is 5.73 Å². The first kappa shape index (κ1) is 14.1. The van der Waals surface area contributed by atoms with Gasteiger partial charge < -0.3 is 16.4 Å². The van der Waals surface area contributed by atoms with Crippen molar-refractivity contribution < 1.29 is 9.59 Å². The standard InChI is InChI=1S/C16H21N3O2/c17-15(20)11-4-1-3-10(7-11)8-19-16(21)14-13-6-2-5-12(13)9-18-14/h1,3-4,7,12-14,18H,2,5-6,8-9H2,(H2,17,20)(H,19,21). The molecule has 1 aliphatic carbocycles. The number of carbonyl (C=O) groups is 2. The molecule has 3 rings (SSSR count). The average Bonchev–Trinajstić information content (AvgIpc) is 3.07. The van der Waals surface area contributed by atoms with Gasteiger partial charge in [0.25, 0.3) is 0 Å². The van der Waals surface area contributed by atoms with Gasteiger partial charge >= 0.3 is 0 Å². The van der Waals surface area contributed by atoms with Gasteiger partial charge in [0.2, 0.25) is 11.8 Å². The van der Waals surface area contributed by atoms with Gasteiger partial charge in [-0.3, -0.25) is 9.59 Å². The van der Waals surface area contributed by atoms with Crippen molar-refractivity contribution in [3.63, 3.8) is 0 Å². The lowest BCUT2D eigenvalue weighted by Gasteiger charge is -2.17. The molecule has 0 radical (unpaired) electrons. The van der Waals surface area contributed by atoms with Gasteiger partial charge in [-0.25, -0.2) is 0 Å². The number of nitrogens with two attached hydrogens (primary N) is 1. The number of carbonyl (C=O) groups excluding carboxylic acids is 2. The Bertz CT molecular complexity index is 558. The molecule has 3 atom stereocenters. The van der Waals surface area contributed by atoms with Gasteiger partial charge in [0.15, 0.2) is 0 Å². The molecule has 112 valence electrons. The van der Waals surface area contributed by atoms with E-state index in [1.54, 1.807) is 18.2 Å². The van der Waals surface area contributed by atoms with Gasteiger partial charge in [0.05, 0.1) is 6.04 Å². The minimum absolute atomic E-state index is 0.0585. The molecule has 3 unspecified atom stereocenters. The second-order valence-electron chi connectivity index (χ2n) is 6.02. The summed E-state index contributed by atoms with van der Waals surface area (Å²) >= 11 is 0. The van der Waals surface area contributed by atoms with E-state index in [-0.39, 0.29) is 11.9 Å². The Labute approximate surface area is 124 Å². The van der Waals surface area contributed by atoms with Crippen molar-refractivity contribution in [2.24, 2.45) is 17.6 Å². The fraction of sp³-hybridized carbons (Fsp3) is 0.500. The van der Waals surface area contributed by atoms with Crippen molar-refractivity contribution in [1.29, 1.82) is 0 Å². The molecule has 1 aliphatic heterocycles. The van der Waals surface area contributed by atoms with Crippen LogP contribution in [-0.4, -0.2) is 24.4 Å². The molecule has 5 nitrogen and oxygen atoms in total. The monoisotopic (exact) mass is 287 g/mol. The largest absolute Gasteiger partial charge is 0.366 e. The van der Waals surface area contributed by atoms with E-state index in [1.807, 2.05) is 6.07 Å². The minimum atomic E-state index is -0.450. The zero-order chi connectivity index (χ0) is 14.8. The van der Waals surface area contributed by atoms with E-state index < -0.39 is 5.91 Å². The van der Waals surface area contributed by atoms with Gasteiger partial charge in [-0.1, -0.05) is 18.6 Å². The molecule has 0 bridgehead atoms. The van der Waals surface area contributed by atoms with Crippen LogP contribution in [0.5, 0.6) is 0 Å². The van der Waals surface area contributed by atoms with Crippen LogP contribution in [-0.2, 0) is 11.3 Å². The smallest absolute Gasteiger partial charge is 0.248 e. The number of nitrogens with one attached hydrogen (secondary N) is 2. The van der Waals surface area contributed by atoms with Gasteiger partial charge in [-0.05, 0) is 48.9 Å². The molecule has 0 spiro atoms. The summed E-state index contributed by atoms with van der Waals surface area (Å²) in [6.45, 7) is 1.38. The topological polar surface area (TPSA) is 84.2 Å².